The molecule has 1 amide bonds. The van der Waals surface area contributed by atoms with Crippen LogP contribution < -0.4 is 0 Å². The highest BCUT2D eigenvalue weighted by Crippen LogP contribution is 2.39. The molecule has 1 saturated carbocycles. The van der Waals surface area contributed by atoms with E-state index < -0.39 is 95.9 Å². The Bertz CT molecular complexity index is 1560. The maximum Gasteiger partial charge on any atom is 0.329 e. The fraction of sp³-hybridized carbons (Fsp3) is 0.800. The van der Waals surface area contributed by atoms with Gasteiger partial charge in [0.05, 0.1) is 30.5 Å². The molecule has 14 atom stereocenters. The predicted octanol–water partition coefficient (Wildman–Crippen LogP) is 4.32. The molecule has 4 aliphatic rings. The number of rotatable bonds is 9. The highest BCUT2D eigenvalue weighted by Gasteiger charge is 2.56. The Kier molecular flexibility index (Phi) is 18.5. The van der Waals surface area contributed by atoms with Crippen molar-refractivity contribution in [1.82, 2.24) is 4.90 Å². The number of carboxylic acids is 1. The summed E-state index contributed by atoms with van der Waals surface area (Å²) in [4.78, 5) is 69.5. The number of aliphatic hydroxyl groups excluding tert-OH is 2. The Balaban J connectivity index is 1.79. The number of aliphatic hydroxyl groups is 3. The lowest BCUT2D eigenvalue weighted by Gasteiger charge is -2.47. The summed E-state index contributed by atoms with van der Waals surface area (Å²) in [6.45, 7) is 9.02. The van der Waals surface area contributed by atoms with Crippen molar-refractivity contribution in [2.45, 2.75) is 173 Å². The number of fused-ring (bicyclic) bond motifs is 3. The minimum absolute atomic E-state index is 0.0508. The van der Waals surface area contributed by atoms with Gasteiger partial charge in [0.25, 0.3) is 11.7 Å². The van der Waals surface area contributed by atoms with Crippen molar-refractivity contribution in [2.75, 3.05) is 27.9 Å². The lowest BCUT2D eigenvalue weighted by molar-refractivity contribution is -0.302. The zero-order valence-electron chi connectivity index (χ0n) is 36.9. The molecular formula is C45H71NO14. The topological polar surface area (TPSA) is 216 Å². The Hall–Kier alpha value is -3.05. The largest absolute Gasteiger partial charge is 0.481 e. The number of carbonyl (C=O) groups is 5. The Labute approximate surface area is 355 Å². The van der Waals surface area contributed by atoms with Crippen molar-refractivity contribution in [1.29, 1.82) is 0 Å². The van der Waals surface area contributed by atoms with Crippen LogP contribution in [0.2, 0.25) is 0 Å². The van der Waals surface area contributed by atoms with Crippen molar-refractivity contribution >= 4 is 29.4 Å². The summed E-state index contributed by atoms with van der Waals surface area (Å²) in [5.74, 6) is -9.34. The molecule has 3 aliphatic heterocycles. The van der Waals surface area contributed by atoms with E-state index in [1.165, 1.54) is 14.2 Å². The maximum absolute atomic E-state index is 14.4. The van der Waals surface area contributed by atoms with Crippen LogP contribution in [-0.4, -0.2) is 137 Å². The predicted molar refractivity (Wildman–Crippen MR) is 219 cm³/mol. The molecule has 15 heteroatoms. The number of nitrogens with zero attached hydrogens (tertiary/aromatic N) is 1. The number of ketones is 2. The SMILES string of the molecule is CO[C@H]1C[C@@H](C)C/C(C)=C/[C@@H](CCCC(=O)O)C(=O)C[C@H](O)[C@@H](C)[C@@H](/C(C)=C/[C@@H]2CC[C@@H](O)[C@H](OC)C2)OC(=O)[C@@H]2CCCCN2C(=O)C(=O)[C@]2(O)O[C@H]1[C@@H](OC)C[C@H]2C. The molecule has 0 spiro atoms. The minimum atomic E-state index is -2.55. The molecular weight excluding hydrogens is 778 g/mol. The summed E-state index contributed by atoms with van der Waals surface area (Å²) in [5.41, 5.74) is 1.47. The van der Waals surface area contributed by atoms with Crippen LogP contribution in [0.15, 0.2) is 23.3 Å². The molecule has 2 saturated heterocycles. The summed E-state index contributed by atoms with van der Waals surface area (Å²) < 4.78 is 29.7. The average Bonchev–Trinajstić information content (AvgIpc) is 3.21. The number of allylic oxidation sites excluding steroid dienone is 3. The van der Waals surface area contributed by atoms with Gasteiger partial charge in [-0.05, 0) is 102 Å². The van der Waals surface area contributed by atoms with E-state index in [4.69, 9.17) is 23.7 Å². The molecule has 15 nitrogen and oxygen atoms in total. The molecule has 60 heavy (non-hydrogen) atoms. The number of esters is 1. The van der Waals surface area contributed by atoms with E-state index in [9.17, 15) is 44.4 Å². The average molecular weight is 850 g/mol. The van der Waals surface area contributed by atoms with Crippen LogP contribution in [0.4, 0.5) is 0 Å². The summed E-state index contributed by atoms with van der Waals surface area (Å²) in [7, 11) is 4.54. The standard InChI is InChI=1S/C45H71NO14/c1-25-18-26(2)20-37(57-7)41-38(58-8)22-28(4)45(55,60-41)42(52)43(53)46-17-10-9-13-32(46)44(54)59-40(27(3)21-30-15-16-33(47)36(23-30)56-6)29(5)34(48)24-35(49)31(19-25)12-11-14-39(50)51/h19,21,26,28-34,36-38,40-41,47-48,55H,9-18,20,22-24H2,1-8H3,(H,50,51)/b25-19+,27-21+/t26-,28+,29+,30-,31+,32-,33+,34-,36+,37-,38-,40+,41+,45+/m0/s1. The molecule has 4 N–H and O–H groups in total. The van der Waals surface area contributed by atoms with Gasteiger partial charge in [-0.25, -0.2) is 4.79 Å². The first-order valence-corrected chi connectivity index (χ1v) is 21.9. The van der Waals surface area contributed by atoms with Gasteiger partial charge in [0.1, 0.15) is 24.0 Å². The second-order valence-corrected chi connectivity index (χ2v) is 18.0. The first-order chi connectivity index (χ1) is 28.3. The molecule has 340 valence electrons. The van der Waals surface area contributed by atoms with Gasteiger partial charge in [-0.15, -0.1) is 0 Å². The van der Waals surface area contributed by atoms with Gasteiger partial charge >= 0.3 is 11.9 Å². The van der Waals surface area contributed by atoms with Crippen molar-refractivity contribution in [3.05, 3.63) is 23.3 Å². The molecule has 0 aromatic heterocycles. The zero-order chi connectivity index (χ0) is 44.5. The molecule has 2 bridgehead atoms. The van der Waals surface area contributed by atoms with Crippen LogP contribution in [0.5, 0.6) is 0 Å². The number of carbonyl (C=O) groups excluding carboxylic acids is 4. The first kappa shape index (κ1) is 49.6. The van der Waals surface area contributed by atoms with Crippen LogP contribution in [-0.2, 0) is 47.7 Å². The van der Waals surface area contributed by atoms with Crippen molar-refractivity contribution in [3.63, 3.8) is 0 Å². The second kappa shape index (κ2) is 22.3. The van der Waals surface area contributed by atoms with Crippen LogP contribution in [0.25, 0.3) is 0 Å². The third-order valence-corrected chi connectivity index (χ3v) is 13.4. The van der Waals surface area contributed by atoms with E-state index in [0.717, 1.165) is 10.5 Å². The van der Waals surface area contributed by atoms with E-state index in [2.05, 4.69) is 0 Å². The third-order valence-electron chi connectivity index (χ3n) is 13.4. The van der Waals surface area contributed by atoms with E-state index >= 15 is 0 Å². The Morgan fingerprint density at radius 2 is 1.58 bits per heavy atom. The van der Waals surface area contributed by atoms with Crippen LogP contribution in [0.1, 0.15) is 118 Å². The molecule has 0 aromatic rings. The van der Waals surface area contributed by atoms with E-state index in [-0.39, 0.29) is 62.7 Å². The van der Waals surface area contributed by atoms with Gasteiger partial charge in [0, 0.05) is 58.5 Å². The van der Waals surface area contributed by atoms with E-state index in [1.54, 1.807) is 27.9 Å². The summed E-state index contributed by atoms with van der Waals surface area (Å²) >= 11 is 0. The number of hydrogen-bond acceptors (Lipinski definition) is 13. The van der Waals surface area contributed by atoms with Gasteiger partial charge in [-0.1, -0.05) is 38.5 Å². The van der Waals surface area contributed by atoms with Crippen molar-refractivity contribution < 1.29 is 68.1 Å². The first-order valence-electron chi connectivity index (χ1n) is 21.9. The van der Waals surface area contributed by atoms with Gasteiger partial charge in [0.15, 0.2) is 0 Å². The number of piperidine rings is 1. The smallest absolute Gasteiger partial charge is 0.329 e. The number of Topliss-reactive ketones (excluding diaryl/α,β-unsaturated/α-hetero) is 2. The van der Waals surface area contributed by atoms with Crippen LogP contribution >= 0.6 is 0 Å². The van der Waals surface area contributed by atoms with Crippen molar-refractivity contribution in [2.24, 2.45) is 29.6 Å². The molecule has 3 fully saturated rings. The monoisotopic (exact) mass is 849 g/mol. The van der Waals surface area contributed by atoms with Gasteiger partial charge in [-0.3, -0.25) is 19.2 Å². The highest BCUT2D eigenvalue weighted by atomic mass is 16.7. The summed E-state index contributed by atoms with van der Waals surface area (Å²) in [6, 6.07) is -1.18. The summed E-state index contributed by atoms with van der Waals surface area (Å²) in [6.07, 6.45) is 2.33. The molecule has 0 unspecified atom stereocenters. The van der Waals surface area contributed by atoms with E-state index in [0.29, 0.717) is 50.5 Å². The number of cyclic esters (lactones) is 1. The molecule has 3 heterocycles. The van der Waals surface area contributed by atoms with Gasteiger partial charge < -0.3 is 49.0 Å². The number of aliphatic carboxylic acids is 1. The lowest BCUT2D eigenvalue weighted by atomic mass is 9.81. The molecule has 4 rings (SSSR count). The molecule has 0 aromatic carbocycles. The van der Waals surface area contributed by atoms with Crippen molar-refractivity contribution in [3.8, 4) is 0 Å². The molecule has 1 aliphatic carbocycles. The fourth-order valence-corrected chi connectivity index (χ4v) is 9.76. The number of hydrogen-bond donors (Lipinski definition) is 4. The normalized spacial score (nSPS) is 39.5. The quantitative estimate of drug-likeness (QED) is 0.145. The van der Waals surface area contributed by atoms with Gasteiger partial charge in [-0.2, -0.15) is 0 Å². The molecule has 0 radical (unpaired) electrons. The number of ether oxygens (including phenoxy) is 5. The van der Waals surface area contributed by atoms with Crippen LogP contribution in [0, 0.1) is 29.6 Å². The Morgan fingerprint density at radius 3 is 2.23 bits per heavy atom. The third kappa shape index (κ3) is 12.3. The number of amides is 1. The zero-order valence-corrected chi connectivity index (χ0v) is 36.9. The highest BCUT2D eigenvalue weighted by molar-refractivity contribution is 6.39. The van der Waals surface area contributed by atoms with Crippen LogP contribution in [0.3, 0.4) is 0 Å². The summed E-state index contributed by atoms with van der Waals surface area (Å²) in [5, 5.41) is 43.6. The minimum Gasteiger partial charge on any atom is -0.481 e. The van der Waals surface area contributed by atoms with Gasteiger partial charge in [0.2, 0.25) is 5.79 Å². The maximum atomic E-state index is 14.4. The number of carboxylic acid groups (broad SMARTS) is 1. The second-order valence-electron chi connectivity index (χ2n) is 18.0. The lowest BCUT2D eigenvalue weighted by Crippen LogP contribution is -2.64. The Morgan fingerprint density at radius 1 is 0.917 bits per heavy atom. The van der Waals surface area contributed by atoms with E-state index in [1.807, 2.05) is 26.0 Å². The fourth-order valence-electron chi connectivity index (χ4n) is 9.76. The number of methoxy groups -OCH3 is 3.